The topological polar surface area (TPSA) is 63.2 Å². The van der Waals surface area contributed by atoms with Crippen molar-refractivity contribution < 1.29 is 9.53 Å². The number of alkyl carbamates (subject to hydrolysis) is 1. The number of nitrogens with zero attached hydrogens (tertiary/aromatic N) is 1. The fourth-order valence-electron chi connectivity index (χ4n) is 2.33. The number of carbonyl (C=O) groups excluding carboxylic acids is 1. The fourth-order valence-corrected chi connectivity index (χ4v) is 2.33. The number of hydrogen-bond donors (Lipinski definition) is 2. The normalized spacial score (nSPS) is 17.6. The van der Waals surface area contributed by atoms with Crippen molar-refractivity contribution in [1.82, 2.24) is 15.6 Å². The van der Waals surface area contributed by atoms with Gasteiger partial charge in [-0.25, -0.2) is 4.79 Å². The predicted molar refractivity (Wildman–Crippen MR) is 86.5 cm³/mol. The van der Waals surface area contributed by atoms with Crippen LogP contribution in [0.15, 0.2) is 24.4 Å². The summed E-state index contributed by atoms with van der Waals surface area (Å²) in [6.07, 6.45) is 3.79. The monoisotopic (exact) mass is 305 g/mol. The minimum absolute atomic E-state index is 0.112. The second kappa shape index (κ2) is 7.09. The smallest absolute Gasteiger partial charge is 0.407 e. The van der Waals surface area contributed by atoms with Crippen LogP contribution in [0.2, 0.25) is 0 Å². The van der Waals surface area contributed by atoms with E-state index in [4.69, 9.17) is 4.74 Å². The highest BCUT2D eigenvalue weighted by Crippen LogP contribution is 2.32. The third-order valence-corrected chi connectivity index (χ3v) is 3.67. The first kappa shape index (κ1) is 16.7. The van der Waals surface area contributed by atoms with Crippen LogP contribution in [0.25, 0.3) is 0 Å². The van der Waals surface area contributed by atoms with Crippen LogP contribution in [-0.2, 0) is 4.74 Å². The van der Waals surface area contributed by atoms with E-state index in [1.165, 1.54) is 12.8 Å². The number of hydrogen-bond acceptors (Lipinski definition) is 4. The number of rotatable bonds is 6. The average Bonchev–Trinajstić information content (AvgIpc) is 3.26. The van der Waals surface area contributed by atoms with E-state index in [2.05, 4.69) is 22.5 Å². The maximum Gasteiger partial charge on any atom is 0.407 e. The van der Waals surface area contributed by atoms with Crippen LogP contribution in [0.1, 0.15) is 52.3 Å². The van der Waals surface area contributed by atoms with Gasteiger partial charge in [0.15, 0.2) is 0 Å². The van der Waals surface area contributed by atoms with Gasteiger partial charge in [-0.1, -0.05) is 6.07 Å². The van der Waals surface area contributed by atoms with E-state index in [1.807, 2.05) is 39.0 Å². The Morgan fingerprint density at radius 3 is 2.68 bits per heavy atom. The maximum absolute atomic E-state index is 11.9. The van der Waals surface area contributed by atoms with Gasteiger partial charge in [-0.2, -0.15) is 0 Å². The molecule has 1 amide bonds. The third-order valence-electron chi connectivity index (χ3n) is 3.67. The molecule has 1 aromatic rings. The summed E-state index contributed by atoms with van der Waals surface area (Å²) in [6, 6.07) is 6.17. The maximum atomic E-state index is 11.9. The van der Waals surface area contributed by atoms with E-state index in [-0.39, 0.29) is 18.2 Å². The lowest BCUT2D eigenvalue weighted by atomic mass is 10.1. The van der Waals surface area contributed by atoms with Crippen molar-refractivity contribution in [2.75, 3.05) is 6.54 Å². The Morgan fingerprint density at radius 1 is 1.41 bits per heavy atom. The summed E-state index contributed by atoms with van der Waals surface area (Å²) in [6.45, 7) is 8.43. The van der Waals surface area contributed by atoms with Crippen LogP contribution < -0.4 is 10.6 Å². The van der Waals surface area contributed by atoms with Crippen LogP contribution in [0.4, 0.5) is 4.79 Å². The summed E-state index contributed by atoms with van der Waals surface area (Å²) in [4.78, 5) is 16.3. The molecule has 5 heteroatoms. The summed E-state index contributed by atoms with van der Waals surface area (Å²) < 4.78 is 5.35. The predicted octanol–water partition coefficient (Wildman–Crippen LogP) is 3.04. The SMILES string of the molecule is CC(NCC(NC(=O)OC(C)(C)C)C1CC1)c1ccccn1. The van der Waals surface area contributed by atoms with E-state index >= 15 is 0 Å². The number of carbonyl (C=O) groups is 1. The molecule has 22 heavy (non-hydrogen) atoms. The average molecular weight is 305 g/mol. The Balaban J connectivity index is 1.83. The zero-order valence-corrected chi connectivity index (χ0v) is 13.9. The van der Waals surface area contributed by atoms with Gasteiger partial charge < -0.3 is 15.4 Å². The van der Waals surface area contributed by atoms with Crippen LogP contribution in [-0.4, -0.2) is 29.3 Å². The van der Waals surface area contributed by atoms with Crippen molar-refractivity contribution in [3.63, 3.8) is 0 Å². The van der Waals surface area contributed by atoms with Gasteiger partial charge in [0.2, 0.25) is 0 Å². The zero-order chi connectivity index (χ0) is 16.2. The Bertz CT molecular complexity index is 480. The Morgan fingerprint density at radius 2 is 2.14 bits per heavy atom. The lowest BCUT2D eigenvalue weighted by Crippen LogP contribution is -2.46. The minimum Gasteiger partial charge on any atom is -0.444 e. The summed E-state index contributed by atoms with van der Waals surface area (Å²) in [5, 5.41) is 6.45. The fraction of sp³-hybridized carbons (Fsp3) is 0.647. The Labute approximate surface area is 132 Å². The molecule has 0 saturated heterocycles. The van der Waals surface area contributed by atoms with Gasteiger partial charge in [-0.15, -0.1) is 0 Å². The molecule has 0 bridgehead atoms. The van der Waals surface area contributed by atoms with Gasteiger partial charge in [0.05, 0.1) is 5.69 Å². The number of ether oxygens (including phenoxy) is 1. The van der Waals surface area contributed by atoms with Crippen molar-refractivity contribution in [1.29, 1.82) is 0 Å². The van der Waals surface area contributed by atoms with Gasteiger partial charge in [-0.3, -0.25) is 4.98 Å². The molecule has 122 valence electrons. The van der Waals surface area contributed by atoms with Gasteiger partial charge in [0.25, 0.3) is 0 Å². The van der Waals surface area contributed by atoms with Crippen LogP contribution in [0.3, 0.4) is 0 Å². The lowest BCUT2D eigenvalue weighted by molar-refractivity contribution is 0.0497. The first-order valence-electron chi connectivity index (χ1n) is 7.99. The highest BCUT2D eigenvalue weighted by Gasteiger charge is 2.33. The third kappa shape index (κ3) is 5.64. The number of pyridine rings is 1. The summed E-state index contributed by atoms with van der Waals surface area (Å²) in [7, 11) is 0. The van der Waals surface area contributed by atoms with Crippen molar-refractivity contribution in [2.45, 2.75) is 58.2 Å². The quantitative estimate of drug-likeness (QED) is 0.848. The molecule has 1 heterocycles. The van der Waals surface area contributed by atoms with E-state index < -0.39 is 5.60 Å². The Hall–Kier alpha value is -1.62. The molecule has 5 nitrogen and oxygen atoms in total. The summed E-state index contributed by atoms with van der Waals surface area (Å²) in [5.74, 6) is 0.552. The first-order valence-corrected chi connectivity index (χ1v) is 7.99. The Kier molecular flexibility index (Phi) is 5.40. The first-order chi connectivity index (χ1) is 10.3. The second-order valence-corrected chi connectivity index (χ2v) is 6.97. The molecule has 2 unspecified atom stereocenters. The molecule has 2 N–H and O–H groups in total. The lowest BCUT2D eigenvalue weighted by Gasteiger charge is -2.25. The standard InChI is InChI=1S/C17H27N3O2/c1-12(14-7-5-6-10-18-14)19-11-15(13-8-9-13)20-16(21)22-17(2,3)4/h5-7,10,12-13,15,19H,8-9,11H2,1-4H3,(H,20,21). The molecule has 0 aromatic carbocycles. The second-order valence-electron chi connectivity index (χ2n) is 6.97. The van der Waals surface area contributed by atoms with E-state index in [0.717, 1.165) is 12.2 Å². The largest absolute Gasteiger partial charge is 0.444 e. The van der Waals surface area contributed by atoms with E-state index in [1.54, 1.807) is 6.20 Å². The summed E-state index contributed by atoms with van der Waals surface area (Å²) >= 11 is 0. The van der Waals surface area contributed by atoms with Crippen LogP contribution >= 0.6 is 0 Å². The molecule has 2 rings (SSSR count). The zero-order valence-electron chi connectivity index (χ0n) is 13.9. The van der Waals surface area contributed by atoms with Crippen molar-refractivity contribution in [3.8, 4) is 0 Å². The molecule has 0 aliphatic heterocycles. The molecule has 1 aliphatic rings. The number of nitrogens with one attached hydrogen (secondary N) is 2. The summed E-state index contributed by atoms with van der Waals surface area (Å²) in [5.41, 5.74) is 0.543. The molecule has 1 aliphatic carbocycles. The molecular formula is C17H27N3O2. The highest BCUT2D eigenvalue weighted by molar-refractivity contribution is 5.68. The van der Waals surface area contributed by atoms with Crippen molar-refractivity contribution in [3.05, 3.63) is 30.1 Å². The minimum atomic E-state index is -0.465. The van der Waals surface area contributed by atoms with E-state index in [0.29, 0.717) is 5.92 Å². The molecule has 0 spiro atoms. The van der Waals surface area contributed by atoms with Crippen LogP contribution in [0.5, 0.6) is 0 Å². The van der Waals surface area contributed by atoms with Gasteiger partial charge >= 0.3 is 6.09 Å². The van der Waals surface area contributed by atoms with Gasteiger partial charge in [0, 0.05) is 24.8 Å². The van der Waals surface area contributed by atoms with Crippen LogP contribution in [0, 0.1) is 5.92 Å². The highest BCUT2D eigenvalue weighted by atomic mass is 16.6. The van der Waals surface area contributed by atoms with Crippen molar-refractivity contribution in [2.24, 2.45) is 5.92 Å². The molecule has 1 fully saturated rings. The molecular weight excluding hydrogens is 278 g/mol. The van der Waals surface area contributed by atoms with Gasteiger partial charge in [0.1, 0.15) is 5.60 Å². The molecule has 0 radical (unpaired) electrons. The number of aromatic nitrogens is 1. The van der Waals surface area contributed by atoms with Crippen molar-refractivity contribution >= 4 is 6.09 Å². The molecule has 1 saturated carbocycles. The molecule has 2 atom stereocenters. The van der Waals surface area contributed by atoms with Gasteiger partial charge in [-0.05, 0) is 58.6 Å². The number of amides is 1. The molecule has 1 aromatic heterocycles. The van der Waals surface area contributed by atoms with E-state index in [9.17, 15) is 4.79 Å².